The second-order valence-corrected chi connectivity index (χ2v) is 17.0. The molecule has 2 bridgehead atoms. The van der Waals surface area contributed by atoms with Gasteiger partial charge in [-0.05, 0) is 79.6 Å². The van der Waals surface area contributed by atoms with E-state index in [1.807, 2.05) is 36.4 Å². The lowest BCUT2D eigenvalue weighted by atomic mass is 9.43. The predicted molar refractivity (Wildman–Crippen MR) is 170 cm³/mol. The fraction of sp³-hybridized carbons (Fsp3) is 0.867. The molecule has 0 aromatic carbocycles. The van der Waals surface area contributed by atoms with E-state index < -0.39 is 76.4 Å². The number of ether oxygens (including phenoxy) is 3. The van der Waals surface area contributed by atoms with E-state index in [4.69, 9.17) is 18.4 Å². The highest BCUT2D eigenvalue weighted by Crippen LogP contribution is 2.70. The molecule has 4 saturated carbocycles. The van der Waals surface area contributed by atoms with Crippen molar-refractivity contribution < 1.29 is 71.7 Å². The number of hydrogen-bond acceptors (Lipinski definition) is 15. The fourth-order valence-electron chi connectivity index (χ4n) is 9.78. The molecule has 15 nitrogen and oxygen atoms in total. The van der Waals surface area contributed by atoms with Gasteiger partial charge in [-0.2, -0.15) is 0 Å². The summed E-state index contributed by atoms with van der Waals surface area (Å²) in [6.45, 7) is 9.96. The molecule has 14 atom stereocenters. The largest absolute Gasteiger partial charge is 0.691 e. The average Bonchev–Trinajstić information content (AvgIpc) is 3.20. The number of fused-ring (bicyclic) bond motifs is 3. The van der Waals surface area contributed by atoms with Crippen molar-refractivity contribution in [2.45, 2.75) is 114 Å². The number of esters is 1. The number of hydrogen-bond donors (Lipinski definition) is 2. The maximum Gasteiger partial charge on any atom is 0.306 e. The number of carbonyl (C=O) groups excluding carboxylic acids is 1. The van der Waals surface area contributed by atoms with E-state index in [2.05, 4.69) is 32.2 Å². The van der Waals surface area contributed by atoms with Gasteiger partial charge in [0, 0.05) is 16.3 Å². The average molecular weight is 833 g/mol. The van der Waals surface area contributed by atoms with Crippen LogP contribution in [0.25, 0.3) is 0 Å². The third-order valence-electron chi connectivity index (χ3n) is 11.5. The van der Waals surface area contributed by atoms with Crippen LogP contribution in [-0.2, 0) is 57.8 Å². The summed E-state index contributed by atoms with van der Waals surface area (Å²) in [7, 11) is 0. The third kappa shape index (κ3) is 7.38. The molecule has 1 heterocycles. The number of carbonyl (C=O) groups is 2. The van der Waals surface area contributed by atoms with Crippen molar-refractivity contribution in [1.82, 2.24) is 0 Å². The van der Waals surface area contributed by atoms with Crippen LogP contribution in [0.1, 0.15) is 72.1 Å². The molecule has 9 unspecified atom stereocenters. The minimum atomic E-state index is -2.51. The van der Waals surface area contributed by atoms with Crippen LogP contribution < -0.4 is 10.5 Å². The zero-order valence-electron chi connectivity index (χ0n) is 26.9. The second kappa shape index (κ2) is 16.0. The van der Waals surface area contributed by atoms with E-state index in [0.29, 0.717) is 12.8 Å². The molecule has 4 aliphatic carbocycles. The van der Waals surface area contributed by atoms with Crippen LogP contribution in [0.4, 0.5) is 0 Å². The van der Waals surface area contributed by atoms with Gasteiger partial charge in [0.15, 0.2) is 35.8 Å². The molecule has 5 fully saturated rings. The zero-order chi connectivity index (χ0) is 35.0. The number of halogens is 1. The van der Waals surface area contributed by atoms with Gasteiger partial charge in [0.1, 0.15) is 11.4 Å². The molecule has 0 radical (unpaired) electrons. The van der Waals surface area contributed by atoms with Gasteiger partial charge in [0.2, 0.25) is 0 Å². The van der Waals surface area contributed by atoms with E-state index >= 15 is 0 Å². The first kappa shape index (κ1) is 38.7. The number of carboxylic acid groups (broad SMARTS) is 1. The number of rotatable bonds is 14. The predicted octanol–water partition coefficient (Wildman–Crippen LogP) is 2.16. The maximum atomic E-state index is 13.1. The molecule has 5 rings (SSSR count). The van der Waals surface area contributed by atoms with Crippen LogP contribution in [-0.4, -0.2) is 72.8 Å². The Labute approximate surface area is 299 Å². The summed E-state index contributed by atoms with van der Waals surface area (Å²) < 4.78 is 46.3. The van der Waals surface area contributed by atoms with Crippen molar-refractivity contribution in [2.75, 3.05) is 4.43 Å². The van der Waals surface area contributed by atoms with Crippen LogP contribution in [0, 0.1) is 40.4 Å². The molecule has 0 aromatic rings. The molecule has 2 N–H and O–H groups in total. The Morgan fingerprint density at radius 1 is 1.19 bits per heavy atom. The number of aliphatic hydroxyl groups excluding tert-OH is 1. The van der Waals surface area contributed by atoms with E-state index in [0.717, 1.165) is 31.3 Å². The van der Waals surface area contributed by atoms with Gasteiger partial charge in [-0.15, -0.1) is 8.67 Å². The molecule has 1 saturated heterocycles. The smallest absolute Gasteiger partial charge is 0.306 e. The monoisotopic (exact) mass is 832 g/mol. The Hall–Kier alpha value is -0.490. The fourth-order valence-corrected chi connectivity index (χ4v) is 12.3. The van der Waals surface area contributed by atoms with E-state index in [1.54, 1.807) is 0 Å². The van der Waals surface area contributed by atoms with E-state index in [-0.39, 0.29) is 58.7 Å². The van der Waals surface area contributed by atoms with Crippen molar-refractivity contribution >= 4 is 57.9 Å². The third-order valence-corrected chi connectivity index (χ3v) is 14.0. The minimum Gasteiger partial charge on any atom is -0.691 e. The number of aliphatic hydroxyl groups is 1. The highest BCUT2D eigenvalue weighted by atomic mass is 125. The topological polar surface area (TPSA) is 212 Å². The summed E-state index contributed by atoms with van der Waals surface area (Å²) in [5.41, 5.74) is -0.0199. The molecule has 48 heavy (non-hydrogen) atoms. The van der Waals surface area contributed by atoms with Gasteiger partial charge in [-0.1, -0.05) is 49.9 Å². The molecule has 1 aliphatic heterocycles. The lowest BCUT2D eigenvalue weighted by molar-refractivity contribution is -0.778. The molecular weight excluding hydrogens is 789 g/mol. The molecule has 18 heteroatoms. The quantitative estimate of drug-likeness (QED) is 0.0296. The van der Waals surface area contributed by atoms with Gasteiger partial charge in [-0.25, -0.2) is 4.21 Å². The zero-order valence-corrected chi connectivity index (χ0v) is 30.7. The molecule has 0 aromatic heterocycles. The summed E-state index contributed by atoms with van der Waals surface area (Å²) in [5.74, 6) is -2.30. The van der Waals surface area contributed by atoms with E-state index in [1.165, 1.54) is 0 Å². The van der Waals surface area contributed by atoms with Gasteiger partial charge >= 0.3 is 11.9 Å². The van der Waals surface area contributed by atoms with Crippen LogP contribution in [0.2, 0.25) is 0 Å². The minimum absolute atomic E-state index is 0.00443. The first-order valence-electron chi connectivity index (χ1n) is 16.1. The molecule has 0 amide bonds. The summed E-state index contributed by atoms with van der Waals surface area (Å²) in [6.07, 6.45) is -1.98. The van der Waals surface area contributed by atoms with Crippen molar-refractivity contribution in [3.05, 3.63) is 12.2 Å². The van der Waals surface area contributed by atoms with Crippen LogP contribution >= 0.6 is 34.9 Å². The summed E-state index contributed by atoms with van der Waals surface area (Å²) in [6, 6.07) is 0. The second-order valence-electron chi connectivity index (χ2n) is 14.4. The Morgan fingerprint density at radius 3 is 2.58 bits per heavy atom. The Kier molecular flexibility index (Phi) is 12.9. The number of alkyl halides is 1. The first-order chi connectivity index (χ1) is 22.8. The van der Waals surface area contributed by atoms with E-state index in [9.17, 15) is 34.5 Å². The number of aliphatic carboxylic acids is 1. The molecule has 274 valence electrons. The van der Waals surface area contributed by atoms with Crippen LogP contribution in [0.15, 0.2) is 12.2 Å². The van der Waals surface area contributed by atoms with Gasteiger partial charge in [-0.3, -0.25) is 23.8 Å². The maximum absolute atomic E-state index is 13.1. The lowest BCUT2D eigenvalue weighted by Gasteiger charge is -2.62. The molecule has 1 spiro atoms. The highest BCUT2D eigenvalue weighted by molar-refractivity contribution is 14.1. The lowest BCUT2D eigenvalue weighted by Crippen LogP contribution is -2.63. The highest BCUT2D eigenvalue weighted by Gasteiger charge is 2.67. The Morgan fingerprint density at radius 2 is 1.94 bits per heavy atom. The Balaban J connectivity index is 1.48. The van der Waals surface area contributed by atoms with Crippen molar-refractivity contribution in [2.24, 2.45) is 40.4 Å². The van der Waals surface area contributed by atoms with Gasteiger partial charge in [0.05, 0.1) is 24.2 Å². The van der Waals surface area contributed by atoms with Gasteiger partial charge < -0.3 is 34.9 Å². The first-order valence-corrected chi connectivity index (χ1v) is 19.5. The molecule has 5 aliphatic rings. The normalized spacial score (nSPS) is 43.0. The summed E-state index contributed by atoms with van der Waals surface area (Å²) in [5, 5.41) is 48.8. The molecular formula is C30H43IO15S2-2. The standard InChI is InChI=1S/C30H45IO15S2/c1-14(2)9-22(32)41-24-23(42-47-45-43-36)25(48(38)46-44-37)20(13-31)40-28(24)39-17-10-18(27(34)35)19-7-8-30-11-16(15(3)26(30)33)5-6-21(30)29(19,4)12-17/h14,16-21,23-26,28,33,36-37H,3,5-13H2,1-2,4H3,(H,34,35)/p-2/t16?,17?,18?,19?,20-,21?,23-,24?,25+,26-,28+,29?,30?,48?/m0/s1/i31-2. The van der Waals surface area contributed by atoms with Gasteiger partial charge in [0.25, 0.3) is 0 Å². The van der Waals surface area contributed by atoms with Crippen LogP contribution in [0.5, 0.6) is 0 Å². The number of carboxylic acids is 1. The van der Waals surface area contributed by atoms with Crippen molar-refractivity contribution in [1.29, 1.82) is 0 Å². The summed E-state index contributed by atoms with van der Waals surface area (Å²) in [4.78, 5) is 25.9. The Bertz CT molecular complexity index is 1210. The van der Waals surface area contributed by atoms with Crippen LogP contribution in [0.3, 0.4) is 0 Å². The SMILES string of the molecule is C=C1C2CCC3C4(C)CC(O[C@@H]5O[C@@H](C[125I])[C@@H](S(=O)OO[O-])[C@@H](OSOO[O-])C5OC(=O)CC(C)C)CC(C(=O)O)C4CCC3(C2)[C@H]1O. The van der Waals surface area contributed by atoms with Crippen molar-refractivity contribution in [3.8, 4) is 0 Å². The summed E-state index contributed by atoms with van der Waals surface area (Å²) >= 11 is -0.459. The van der Waals surface area contributed by atoms with Crippen molar-refractivity contribution in [3.63, 3.8) is 0 Å².